The first-order chi connectivity index (χ1) is 10.4. The van der Waals surface area contributed by atoms with Crippen molar-refractivity contribution in [3.05, 3.63) is 90.5 Å². The van der Waals surface area contributed by atoms with Crippen LogP contribution >= 0.6 is 0 Å². The van der Waals surface area contributed by atoms with Crippen LogP contribution in [0.25, 0.3) is 0 Å². The monoisotopic (exact) mass is 331 g/mol. The van der Waals surface area contributed by atoms with Crippen LogP contribution in [0.1, 0.15) is 5.56 Å². The molecule has 3 aromatic rings. The maximum atomic E-state index is 9.43. The third-order valence-corrected chi connectivity index (χ3v) is 8.54. The predicted molar refractivity (Wildman–Crippen MR) is 88.7 cm³/mol. The van der Waals surface area contributed by atoms with E-state index < -0.39 is 14.7 Å². The van der Waals surface area contributed by atoms with Crippen molar-refractivity contribution in [1.29, 1.82) is 5.26 Å². The summed E-state index contributed by atoms with van der Waals surface area (Å²) in [4.78, 5) is 0. The van der Waals surface area contributed by atoms with Gasteiger partial charge in [-0.05, 0) is 0 Å². The second-order valence-corrected chi connectivity index (χ2v) is 9.22. The van der Waals surface area contributed by atoms with Crippen molar-refractivity contribution in [2.24, 2.45) is 0 Å². The van der Waals surface area contributed by atoms with Gasteiger partial charge in [-0.3, -0.25) is 0 Å². The number of nitriles is 1. The van der Waals surface area contributed by atoms with E-state index in [1.807, 2.05) is 30.3 Å². The summed E-state index contributed by atoms with van der Waals surface area (Å²) >= 11 is -1.67. The molecule has 0 saturated heterocycles. The topological polar surface area (TPSA) is 23.8 Å². The summed E-state index contributed by atoms with van der Waals surface area (Å²) in [6.45, 7) is 0. The molecule has 0 aliphatic rings. The number of benzene rings is 3. The fraction of sp³-hybridized carbons (Fsp3) is 0. The van der Waals surface area contributed by atoms with E-state index >= 15 is 0 Å². The molecule has 0 aliphatic heterocycles. The Kier molecular flexibility index (Phi) is 4.19. The van der Waals surface area contributed by atoms with Crippen molar-refractivity contribution in [3.63, 3.8) is 0 Å². The Labute approximate surface area is 129 Å². The molecule has 0 atom stereocenters. The zero-order chi connectivity index (χ0) is 14.5. The quantitative estimate of drug-likeness (QED) is 0.674. The zero-order valence-electron chi connectivity index (χ0n) is 11.5. The van der Waals surface area contributed by atoms with E-state index in [-0.39, 0.29) is 0 Å². The number of hydrogen-bond donors (Lipinski definition) is 0. The first-order valence-corrected chi connectivity index (χ1v) is 9.61. The first-order valence-electron chi connectivity index (χ1n) is 6.79. The molecule has 0 bridgehead atoms. The summed E-state index contributed by atoms with van der Waals surface area (Å²) in [6.07, 6.45) is 0. The second kappa shape index (κ2) is 6.44. The first kappa shape index (κ1) is 13.7. The van der Waals surface area contributed by atoms with Crippen LogP contribution in [0.2, 0.25) is 0 Å². The van der Waals surface area contributed by atoms with E-state index in [0.29, 0.717) is 0 Å². The second-order valence-electron chi connectivity index (χ2n) is 4.64. The molecule has 21 heavy (non-hydrogen) atoms. The van der Waals surface area contributed by atoms with Gasteiger partial charge in [-0.1, -0.05) is 0 Å². The van der Waals surface area contributed by atoms with E-state index in [2.05, 4.69) is 60.7 Å². The molecule has 0 amide bonds. The average molecular weight is 331 g/mol. The zero-order valence-corrected chi connectivity index (χ0v) is 13.4. The minimum absolute atomic E-state index is 0.796. The van der Waals surface area contributed by atoms with Gasteiger partial charge in [0.15, 0.2) is 0 Å². The van der Waals surface area contributed by atoms with Crippen LogP contribution in [0, 0.1) is 11.3 Å². The molecule has 0 N–H and O–H groups in total. The Morgan fingerprint density at radius 3 is 1.62 bits per heavy atom. The van der Waals surface area contributed by atoms with Gasteiger partial charge in [0, 0.05) is 0 Å². The molecular weight excluding hydrogens is 317 g/mol. The molecule has 100 valence electrons. The van der Waals surface area contributed by atoms with Crippen molar-refractivity contribution >= 4 is 27.7 Å². The molecule has 0 spiro atoms. The number of rotatable bonds is 3. The van der Waals surface area contributed by atoms with Crippen LogP contribution < -0.4 is 13.1 Å². The molecule has 0 unspecified atom stereocenters. The molecule has 3 aromatic carbocycles. The van der Waals surface area contributed by atoms with Gasteiger partial charge in [0.05, 0.1) is 0 Å². The molecule has 2 heteroatoms. The van der Waals surface area contributed by atoms with Gasteiger partial charge in [-0.25, -0.2) is 0 Å². The van der Waals surface area contributed by atoms with Crippen molar-refractivity contribution < 1.29 is 0 Å². The Bertz CT molecular complexity index is 721. The fourth-order valence-corrected chi connectivity index (χ4v) is 7.37. The van der Waals surface area contributed by atoms with E-state index in [4.69, 9.17) is 0 Å². The normalized spacial score (nSPS) is 10.3. The van der Waals surface area contributed by atoms with E-state index in [0.717, 1.165) is 5.56 Å². The van der Waals surface area contributed by atoms with Crippen LogP contribution in [0.5, 0.6) is 0 Å². The van der Waals surface area contributed by atoms with Crippen molar-refractivity contribution in [1.82, 2.24) is 0 Å². The van der Waals surface area contributed by atoms with Crippen LogP contribution in [0.3, 0.4) is 0 Å². The Hall–Kier alpha value is -2.29. The molecule has 3 rings (SSSR count). The summed E-state index contributed by atoms with van der Waals surface area (Å²) in [7, 11) is 0. The standard InChI is InChI=1S/C19H14AsN/c21-15-16-9-7-8-14-19(16)20(17-10-3-1-4-11-17)18-12-5-2-6-13-18/h1-14H. The fourth-order valence-electron chi connectivity index (χ4n) is 2.34. The van der Waals surface area contributed by atoms with Crippen LogP contribution in [-0.4, -0.2) is 14.7 Å². The van der Waals surface area contributed by atoms with Crippen LogP contribution in [0.4, 0.5) is 0 Å². The molecule has 0 heterocycles. The summed E-state index contributed by atoms with van der Waals surface area (Å²) < 4.78 is 3.89. The van der Waals surface area contributed by atoms with Crippen molar-refractivity contribution in [2.75, 3.05) is 0 Å². The molecule has 0 fully saturated rings. The summed E-state index contributed by atoms with van der Waals surface area (Å²) in [5.41, 5.74) is 0.796. The van der Waals surface area contributed by atoms with Crippen molar-refractivity contribution in [3.8, 4) is 6.07 Å². The average Bonchev–Trinajstić information content (AvgIpc) is 2.58. The van der Waals surface area contributed by atoms with Gasteiger partial charge in [0.25, 0.3) is 0 Å². The Balaban J connectivity index is 2.21. The molecule has 1 nitrogen and oxygen atoms in total. The van der Waals surface area contributed by atoms with Gasteiger partial charge in [-0.15, -0.1) is 0 Å². The molecule has 0 aromatic heterocycles. The molecule has 0 aliphatic carbocycles. The molecule has 0 radical (unpaired) electrons. The van der Waals surface area contributed by atoms with Gasteiger partial charge < -0.3 is 0 Å². The summed E-state index contributed by atoms with van der Waals surface area (Å²) in [5, 5.41) is 9.43. The van der Waals surface area contributed by atoms with E-state index in [1.165, 1.54) is 13.1 Å². The minimum atomic E-state index is -1.67. The SMILES string of the molecule is N#Cc1ccccc1[As](c1ccccc1)c1ccccc1. The van der Waals surface area contributed by atoms with Crippen molar-refractivity contribution in [2.45, 2.75) is 0 Å². The maximum absolute atomic E-state index is 9.43. The third-order valence-electron chi connectivity index (χ3n) is 3.29. The van der Waals surface area contributed by atoms with Gasteiger partial charge in [0.2, 0.25) is 0 Å². The molecular formula is C19H14AsN. The van der Waals surface area contributed by atoms with Gasteiger partial charge >= 0.3 is 130 Å². The Morgan fingerprint density at radius 2 is 1.10 bits per heavy atom. The summed E-state index contributed by atoms with van der Waals surface area (Å²) in [5.74, 6) is 0. The molecule has 0 saturated carbocycles. The third kappa shape index (κ3) is 2.92. The number of nitrogens with zero attached hydrogens (tertiary/aromatic N) is 1. The van der Waals surface area contributed by atoms with Gasteiger partial charge in [0.1, 0.15) is 0 Å². The van der Waals surface area contributed by atoms with Gasteiger partial charge in [-0.2, -0.15) is 0 Å². The van der Waals surface area contributed by atoms with Crippen LogP contribution in [0.15, 0.2) is 84.9 Å². The summed E-state index contributed by atoms with van der Waals surface area (Å²) in [6, 6.07) is 31.5. The van der Waals surface area contributed by atoms with E-state index in [1.54, 1.807) is 0 Å². The Morgan fingerprint density at radius 1 is 0.619 bits per heavy atom. The predicted octanol–water partition coefficient (Wildman–Crippen LogP) is 2.07. The van der Waals surface area contributed by atoms with Crippen LogP contribution in [-0.2, 0) is 0 Å². The number of hydrogen-bond acceptors (Lipinski definition) is 1. The van der Waals surface area contributed by atoms with E-state index in [9.17, 15) is 5.26 Å².